The Bertz CT molecular complexity index is 2070. The molecule has 294 valence electrons. The number of carboxylic acid groups (broad SMARTS) is 2. The van der Waals surface area contributed by atoms with Gasteiger partial charge in [-0.2, -0.15) is 5.26 Å². The van der Waals surface area contributed by atoms with Crippen molar-refractivity contribution in [2.75, 3.05) is 26.2 Å². The van der Waals surface area contributed by atoms with Gasteiger partial charge in [-0.3, -0.25) is 24.4 Å². The lowest BCUT2D eigenvalue weighted by Gasteiger charge is -2.33. The van der Waals surface area contributed by atoms with Crippen LogP contribution >= 0.6 is 11.6 Å². The molecule has 0 amide bonds. The van der Waals surface area contributed by atoms with Crippen molar-refractivity contribution in [2.24, 2.45) is 0 Å². The van der Waals surface area contributed by atoms with Crippen molar-refractivity contribution in [3.8, 4) is 34.4 Å². The molecule has 12 heteroatoms. The molecule has 1 unspecified atom stereocenters. The minimum atomic E-state index is -0.842. The zero-order valence-electron chi connectivity index (χ0n) is 32.0. The first-order chi connectivity index (χ1) is 27.1. The maximum Gasteiger partial charge on any atom is 0.320 e. The SMILES string of the molecule is Cc1c(COc2cc(OCc3cncc(C#N)c3)c(CN3CCCCC3C(=O)O)cc2Cl)cccc1-c1cccc(OCCCN2CCCC[C@H]2C(=O)O)c1C. The fourth-order valence-corrected chi connectivity index (χ4v) is 7.99. The first-order valence-corrected chi connectivity index (χ1v) is 19.7. The monoisotopic (exact) mass is 780 g/mol. The summed E-state index contributed by atoms with van der Waals surface area (Å²) in [5.74, 6) is 0.150. The molecule has 2 saturated heterocycles. The highest BCUT2D eigenvalue weighted by atomic mass is 35.5. The van der Waals surface area contributed by atoms with Crippen molar-refractivity contribution in [1.82, 2.24) is 14.8 Å². The Morgan fingerprint density at radius 1 is 0.804 bits per heavy atom. The van der Waals surface area contributed by atoms with E-state index in [4.69, 9.17) is 25.8 Å². The fraction of sp³-hybridized carbons (Fsp3) is 0.409. The van der Waals surface area contributed by atoms with Gasteiger partial charge in [0.1, 0.15) is 48.6 Å². The van der Waals surface area contributed by atoms with Gasteiger partial charge in [0.25, 0.3) is 0 Å². The molecule has 4 aromatic rings. The van der Waals surface area contributed by atoms with Crippen molar-refractivity contribution in [3.05, 3.63) is 105 Å². The maximum absolute atomic E-state index is 12.1. The Morgan fingerprint density at radius 3 is 2.21 bits per heavy atom. The molecule has 2 aliphatic rings. The van der Waals surface area contributed by atoms with Crippen LogP contribution in [0.15, 0.2) is 67.0 Å². The van der Waals surface area contributed by atoms with E-state index >= 15 is 0 Å². The van der Waals surface area contributed by atoms with E-state index in [2.05, 4.69) is 41.9 Å². The van der Waals surface area contributed by atoms with Crippen LogP contribution in [0.25, 0.3) is 11.1 Å². The van der Waals surface area contributed by atoms with E-state index < -0.39 is 24.0 Å². The van der Waals surface area contributed by atoms with E-state index in [9.17, 15) is 25.1 Å². The molecule has 1 aromatic heterocycles. The standard InChI is InChI=1S/C44H49ClN4O7/c1-29-33(10-7-11-35(29)36-12-8-15-40(30(36)2)54-19-9-18-48-16-5-3-13-38(48)43(50)51)28-56-42-22-41(55-27-32-20-31(23-46)24-47-25-32)34(21-37(42)45)26-49-17-6-4-14-39(49)44(52)53/h7-8,10-12,15,20-22,24-25,38-39H,3-6,9,13-14,16-19,26-28H2,1-2H3,(H,50,51)(H,52,53)/t38-,39?/m0/s1. The van der Waals surface area contributed by atoms with E-state index in [0.29, 0.717) is 61.2 Å². The molecule has 6 rings (SSSR count). The number of halogens is 1. The molecule has 2 aliphatic heterocycles. The smallest absolute Gasteiger partial charge is 0.320 e. The van der Waals surface area contributed by atoms with Crippen molar-refractivity contribution in [2.45, 2.75) is 90.6 Å². The average molecular weight is 781 g/mol. The van der Waals surface area contributed by atoms with Crippen LogP contribution < -0.4 is 14.2 Å². The maximum atomic E-state index is 12.1. The quantitative estimate of drug-likeness (QED) is 0.106. The molecule has 0 aliphatic carbocycles. The average Bonchev–Trinajstić information content (AvgIpc) is 3.20. The van der Waals surface area contributed by atoms with Crippen molar-refractivity contribution in [1.29, 1.82) is 5.26 Å². The van der Waals surface area contributed by atoms with Gasteiger partial charge in [0.15, 0.2) is 0 Å². The highest BCUT2D eigenvalue weighted by molar-refractivity contribution is 6.32. The van der Waals surface area contributed by atoms with Crippen LogP contribution in [0.5, 0.6) is 17.2 Å². The highest BCUT2D eigenvalue weighted by Crippen LogP contribution is 2.37. The molecule has 3 aromatic carbocycles. The highest BCUT2D eigenvalue weighted by Gasteiger charge is 2.30. The second kappa shape index (κ2) is 19.1. The summed E-state index contributed by atoms with van der Waals surface area (Å²) in [4.78, 5) is 31.9. The van der Waals surface area contributed by atoms with Crippen LogP contribution in [0.3, 0.4) is 0 Å². The molecular formula is C44H49ClN4O7. The van der Waals surface area contributed by atoms with Crippen LogP contribution in [0.4, 0.5) is 0 Å². The number of carboxylic acids is 2. The van der Waals surface area contributed by atoms with Crippen LogP contribution in [-0.4, -0.2) is 75.3 Å². The summed E-state index contributed by atoms with van der Waals surface area (Å²) < 4.78 is 18.9. The first kappa shape index (κ1) is 40.5. The molecule has 2 N–H and O–H groups in total. The molecular weight excluding hydrogens is 732 g/mol. The third-order valence-corrected chi connectivity index (χ3v) is 11.2. The molecule has 0 spiro atoms. The molecule has 0 bridgehead atoms. The summed E-state index contributed by atoms with van der Waals surface area (Å²) in [5, 5.41) is 29.3. The lowest BCUT2D eigenvalue weighted by atomic mass is 9.93. The molecule has 11 nitrogen and oxygen atoms in total. The van der Waals surface area contributed by atoms with Gasteiger partial charge in [0.2, 0.25) is 0 Å². The summed E-state index contributed by atoms with van der Waals surface area (Å²) in [6, 6.07) is 18.5. The largest absolute Gasteiger partial charge is 0.493 e. The van der Waals surface area contributed by atoms with Gasteiger partial charge in [-0.25, -0.2) is 0 Å². The van der Waals surface area contributed by atoms with Gasteiger partial charge in [-0.15, -0.1) is 0 Å². The van der Waals surface area contributed by atoms with Crippen LogP contribution in [-0.2, 0) is 29.3 Å². The van der Waals surface area contributed by atoms with E-state index in [-0.39, 0.29) is 13.2 Å². The number of aromatic nitrogens is 1. The summed E-state index contributed by atoms with van der Waals surface area (Å²) >= 11 is 6.86. The summed E-state index contributed by atoms with van der Waals surface area (Å²) in [6.07, 6.45) is 8.91. The summed E-state index contributed by atoms with van der Waals surface area (Å²) in [5.41, 5.74) is 7.04. The normalized spacial score (nSPS) is 17.5. The Balaban J connectivity index is 1.17. The molecule has 2 atom stereocenters. The number of ether oxygens (including phenoxy) is 3. The summed E-state index contributed by atoms with van der Waals surface area (Å²) in [7, 11) is 0. The van der Waals surface area contributed by atoms with E-state index in [0.717, 1.165) is 83.3 Å². The summed E-state index contributed by atoms with van der Waals surface area (Å²) in [6.45, 7) is 7.49. The number of aliphatic carboxylic acids is 2. The van der Waals surface area contributed by atoms with Crippen molar-refractivity contribution < 1.29 is 34.0 Å². The Morgan fingerprint density at radius 2 is 1.48 bits per heavy atom. The van der Waals surface area contributed by atoms with Crippen molar-refractivity contribution >= 4 is 23.5 Å². The van der Waals surface area contributed by atoms with Crippen LogP contribution in [0, 0.1) is 25.2 Å². The van der Waals surface area contributed by atoms with E-state index in [1.165, 1.54) is 6.20 Å². The van der Waals surface area contributed by atoms with Gasteiger partial charge >= 0.3 is 11.9 Å². The second-order valence-corrected chi connectivity index (χ2v) is 15.0. The lowest BCUT2D eigenvalue weighted by Crippen LogP contribution is -2.45. The Kier molecular flexibility index (Phi) is 13.8. The number of hydrogen-bond donors (Lipinski definition) is 2. The topological polar surface area (TPSA) is 145 Å². The molecule has 0 saturated carbocycles. The molecule has 0 radical (unpaired) electrons. The van der Waals surface area contributed by atoms with Crippen LogP contribution in [0.2, 0.25) is 5.02 Å². The predicted octanol–water partition coefficient (Wildman–Crippen LogP) is 8.20. The fourth-order valence-electron chi connectivity index (χ4n) is 7.75. The molecule has 2 fully saturated rings. The lowest BCUT2D eigenvalue weighted by molar-refractivity contribution is -0.145. The molecule has 3 heterocycles. The number of nitrogens with zero attached hydrogens (tertiary/aromatic N) is 4. The van der Waals surface area contributed by atoms with E-state index in [1.807, 2.05) is 29.2 Å². The van der Waals surface area contributed by atoms with Gasteiger partial charge in [-0.05, 0) is 105 Å². The minimum absolute atomic E-state index is 0.145. The predicted molar refractivity (Wildman–Crippen MR) is 213 cm³/mol. The molecule has 56 heavy (non-hydrogen) atoms. The number of rotatable bonds is 16. The number of pyridine rings is 1. The number of nitriles is 1. The van der Waals surface area contributed by atoms with Gasteiger partial charge in [0, 0.05) is 42.7 Å². The number of likely N-dealkylation sites (tertiary alicyclic amines) is 2. The Labute approximate surface area is 333 Å². The first-order valence-electron chi connectivity index (χ1n) is 19.3. The van der Waals surface area contributed by atoms with Crippen LogP contribution in [0.1, 0.15) is 78.3 Å². The van der Waals surface area contributed by atoms with E-state index in [1.54, 1.807) is 24.4 Å². The van der Waals surface area contributed by atoms with Gasteiger partial charge in [0.05, 0.1) is 17.2 Å². The number of benzene rings is 3. The Hall–Kier alpha value is -5.15. The number of hydrogen-bond acceptors (Lipinski definition) is 9. The minimum Gasteiger partial charge on any atom is -0.493 e. The zero-order valence-corrected chi connectivity index (χ0v) is 32.8. The number of carbonyl (C=O) groups is 2. The third kappa shape index (κ3) is 9.98. The third-order valence-electron chi connectivity index (χ3n) is 10.9. The number of piperidine rings is 2. The second-order valence-electron chi connectivity index (χ2n) is 14.6. The zero-order chi connectivity index (χ0) is 39.6. The van der Waals surface area contributed by atoms with Crippen molar-refractivity contribution in [3.63, 3.8) is 0 Å². The van der Waals surface area contributed by atoms with Gasteiger partial charge in [-0.1, -0.05) is 54.8 Å². The van der Waals surface area contributed by atoms with Gasteiger partial charge < -0.3 is 24.4 Å².